The van der Waals surface area contributed by atoms with Crippen LogP contribution in [0.1, 0.15) is 56.1 Å². The Morgan fingerprint density at radius 1 is 1.26 bits per heavy atom. The zero-order chi connectivity index (χ0) is 19.7. The van der Waals surface area contributed by atoms with E-state index in [1.54, 1.807) is 19.1 Å². The van der Waals surface area contributed by atoms with Crippen molar-refractivity contribution in [2.45, 2.75) is 55.5 Å². The fourth-order valence-electron chi connectivity index (χ4n) is 3.89. The van der Waals surface area contributed by atoms with Crippen LogP contribution in [0.2, 0.25) is 0 Å². The second kappa shape index (κ2) is 7.46. The van der Waals surface area contributed by atoms with Gasteiger partial charge in [0.05, 0.1) is 17.9 Å². The molecule has 9 heteroatoms. The van der Waals surface area contributed by atoms with Gasteiger partial charge in [-0.3, -0.25) is 4.79 Å². The number of hydrogen-bond acceptors (Lipinski definition) is 8. The summed E-state index contributed by atoms with van der Waals surface area (Å²) in [5.74, 6) is -0.308. The molecule has 1 aliphatic heterocycles. The molecule has 0 bridgehead atoms. The normalized spacial score (nSPS) is 20.1. The molecule has 27 heavy (non-hydrogen) atoms. The Hall–Kier alpha value is -2.16. The molecule has 0 radical (unpaired) electrons. The minimum atomic E-state index is -3.52. The van der Waals surface area contributed by atoms with Crippen LogP contribution >= 0.6 is 0 Å². The highest BCUT2D eigenvalue weighted by Crippen LogP contribution is 2.40. The van der Waals surface area contributed by atoms with E-state index >= 15 is 0 Å². The summed E-state index contributed by atoms with van der Waals surface area (Å²) in [6.45, 7) is 1.64. The summed E-state index contributed by atoms with van der Waals surface area (Å²) in [7, 11) is -2.15. The Kier molecular flexibility index (Phi) is 5.41. The fraction of sp³-hybridized carbons (Fsp3) is 0.611. The molecule has 1 fully saturated rings. The Bertz CT molecular complexity index is 877. The molecule has 1 unspecified atom stereocenters. The van der Waals surface area contributed by atoms with Crippen LogP contribution in [0, 0.1) is 5.92 Å². The van der Waals surface area contributed by atoms with Crippen molar-refractivity contribution in [1.82, 2.24) is 0 Å². The van der Waals surface area contributed by atoms with Crippen LogP contribution in [0.4, 0.5) is 0 Å². The van der Waals surface area contributed by atoms with Gasteiger partial charge in [-0.1, -0.05) is 31.7 Å². The van der Waals surface area contributed by atoms with E-state index < -0.39 is 21.4 Å². The monoisotopic (exact) mass is 392 g/mol. The van der Waals surface area contributed by atoms with Gasteiger partial charge in [-0.15, -0.1) is 10.2 Å². The number of nitrogens with zero attached hydrogens (tertiary/aromatic N) is 4. The van der Waals surface area contributed by atoms with Crippen molar-refractivity contribution >= 4 is 15.8 Å². The maximum atomic E-state index is 12.5. The Morgan fingerprint density at radius 2 is 1.89 bits per heavy atom. The Balaban J connectivity index is 2.07. The number of esters is 1. The largest absolute Gasteiger partial charge is 0.469 e. The van der Waals surface area contributed by atoms with Gasteiger partial charge < -0.3 is 4.74 Å². The van der Waals surface area contributed by atoms with E-state index in [2.05, 4.69) is 20.7 Å². The van der Waals surface area contributed by atoms with Crippen molar-refractivity contribution in [2.75, 3.05) is 13.4 Å². The first kappa shape index (κ1) is 19.6. The summed E-state index contributed by atoms with van der Waals surface area (Å²) in [5.41, 5.74) is -0.148. The van der Waals surface area contributed by atoms with E-state index in [-0.39, 0.29) is 10.9 Å². The molecule has 1 saturated carbocycles. The molecule has 1 heterocycles. The van der Waals surface area contributed by atoms with Gasteiger partial charge >= 0.3 is 5.97 Å². The SMILES string of the molecule is COC(=O)C(CC1CCCC1)c1ccc(S(C)(=O)=O)c(C2(C)N=NN=N2)c1. The minimum absolute atomic E-state index is 0.109. The zero-order valence-corrected chi connectivity index (χ0v) is 16.6. The first-order valence-corrected chi connectivity index (χ1v) is 10.9. The van der Waals surface area contributed by atoms with Crippen molar-refractivity contribution in [3.8, 4) is 0 Å². The number of methoxy groups -OCH3 is 1. The number of sulfone groups is 1. The predicted octanol–water partition coefficient (Wildman–Crippen LogP) is 3.93. The maximum absolute atomic E-state index is 12.5. The molecule has 146 valence electrons. The smallest absolute Gasteiger partial charge is 0.313 e. The molecular formula is C18H24N4O4S. The van der Waals surface area contributed by atoms with E-state index in [1.807, 2.05) is 0 Å². The maximum Gasteiger partial charge on any atom is 0.313 e. The number of carbonyl (C=O) groups is 1. The van der Waals surface area contributed by atoms with Gasteiger partial charge in [0.2, 0.25) is 5.66 Å². The average Bonchev–Trinajstić information content (AvgIpc) is 3.30. The van der Waals surface area contributed by atoms with E-state index in [0.29, 0.717) is 23.5 Å². The molecule has 0 aromatic heterocycles. The number of rotatable bonds is 6. The summed E-state index contributed by atoms with van der Waals surface area (Å²) in [6, 6.07) is 4.89. The molecule has 8 nitrogen and oxygen atoms in total. The van der Waals surface area contributed by atoms with Crippen molar-refractivity contribution in [2.24, 2.45) is 26.6 Å². The van der Waals surface area contributed by atoms with Crippen LogP contribution in [-0.4, -0.2) is 27.8 Å². The first-order valence-electron chi connectivity index (χ1n) is 9.01. The van der Waals surface area contributed by atoms with Crippen LogP contribution < -0.4 is 0 Å². The number of benzene rings is 1. The van der Waals surface area contributed by atoms with Crippen LogP contribution in [0.5, 0.6) is 0 Å². The molecule has 1 aromatic carbocycles. The molecule has 0 spiro atoms. The second-order valence-corrected chi connectivity index (χ2v) is 9.37. The van der Waals surface area contributed by atoms with Gasteiger partial charge in [-0.2, -0.15) is 0 Å². The van der Waals surface area contributed by atoms with Gasteiger partial charge in [-0.05, 0) is 47.4 Å². The lowest BCUT2D eigenvalue weighted by Gasteiger charge is -2.23. The summed E-state index contributed by atoms with van der Waals surface area (Å²) in [4.78, 5) is 12.6. The van der Waals surface area contributed by atoms with Crippen LogP contribution in [-0.2, 0) is 25.0 Å². The Labute approximate surface area is 159 Å². The van der Waals surface area contributed by atoms with Gasteiger partial charge in [-0.25, -0.2) is 8.42 Å². The van der Waals surface area contributed by atoms with Crippen molar-refractivity contribution in [3.63, 3.8) is 0 Å². The Morgan fingerprint density at radius 3 is 2.44 bits per heavy atom. The number of ether oxygens (including phenoxy) is 1. The van der Waals surface area contributed by atoms with E-state index in [9.17, 15) is 13.2 Å². The van der Waals surface area contributed by atoms with E-state index in [4.69, 9.17) is 4.74 Å². The molecule has 2 aliphatic rings. The molecule has 1 aromatic rings. The highest BCUT2D eigenvalue weighted by Gasteiger charge is 2.36. The topological polar surface area (TPSA) is 110 Å². The highest BCUT2D eigenvalue weighted by atomic mass is 32.2. The lowest BCUT2D eigenvalue weighted by Crippen LogP contribution is -2.21. The first-order chi connectivity index (χ1) is 12.7. The standard InChI is InChI=1S/C18H24N4O4S/c1-18(19-21-22-20-18)15-11-13(8-9-16(15)27(3,24)25)14(17(23)26-2)10-12-6-4-5-7-12/h8-9,11-12,14H,4-7,10H2,1-3H3. The summed E-state index contributed by atoms with van der Waals surface area (Å²) < 4.78 is 29.6. The second-order valence-electron chi connectivity index (χ2n) is 7.39. The summed E-state index contributed by atoms with van der Waals surface area (Å²) in [6.07, 6.45) is 6.37. The van der Waals surface area contributed by atoms with Crippen molar-refractivity contribution in [3.05, 3.63) is 29.3 Å². The fourth-order valence-corrected chi connectivity index (χ4v) is 4.86. The number of hydrogen-bond donors (Lipinski definition) is 0. The molecular weight excluding hydrogens is 368 g/mol. The van der Waals surface area contributed by atoms with Crippen LogP contribution in [0.25, 0.3) is 0 Å². The lowest BCUT2D eigenvalue weighted by atomic mass is 9.86. The predicted molar refractivity (Wildman–Crippen MR) is 97.9 cm³/mol. The van der Waals surface area contributed by atoms with Crippen molar-refractivity contribution in [1.29, 1.82) is 0 Å². The molecule has 1 aliphatic carbocycles. The van der Waals surface area contributed by atoms with Gasteiger partial charge in [0.25, 0.3) is 0 Å². The lowest BCUT2D eigenvalue weighted by molar-refractivity contribution is -0.142. The quantitative estimate of drug-likeness (QED) is 0.683. The molecule has 0 saturated heterocycles. The molecule has 0 N–H and O–H groups in total. The van der Waals surface area contributed by atoms with Gasteiger partial charge in [0.15, 0.2) is 9.84 Å². The minimum Gasteiger partial charge on any atom is -0.469 e. The number of carbonyl (C=O) groups excluding carboxylic acids is 1. The molecule has 3 rings (SSSR count). The summed E-state index contributed by atoms with van der Waals surface area (Å²) in [5, 5.41) is 15.1. The molecule has 0 amide bonds. The zero-order valence-electron chi connectivity index (χ0n) is 15.8. The third-order valence-electron chi connectivity index (χ3n) is 5.36. The van der Waals surface area contributed by atoms with Crippen molar-refractivity contribution < 1.29 is 17.9 Å². The van der Waals surface area contributed by atoms with Crippen LogP contribution in [0.15, 0.2) is 43.8 Å². The summed E-state index contributed by atoms with van der Waals surface area (Å²) >= 11 is 0. The third-order valence-corrected chi connectivity index (χ3v) is 6.52. The van der Waals surface area contributed by atoms with Crippen LogP contribution in [0.3, 0.4) is 0 Å². The highest BCUT2D eigenvalue weighted by molar-refractivity contribution is 7.90. The van der Waals surface area contributed by atoms with E-state index in [0.717, 1.165) is 19.1 Å². The van der Waals surface area contributed by atoms with E-state index in [1.165, 1.54) is 26.0 Å². The van der Waals surface area contributed by atoms with Gasteiger partial charge in [0.1, 0.15) is 0 Å². The molecule has 1 atom stereocenters. The average molecular weight is 392 g/mol. The van der Waals surface area contributed by atoms with Gasteiger partial charge in [0, 0.05) is 11.8 Å². The third kappa shape index (κ3) is 4.07.